The molecule has 1 aliphatic heterocycles. The number of benzene rings is 1. The number of anilines is 1. The lowest BCUT2D eigenvalue weighted by atomic mass is 9.83. The number of nitrogens with one attached hydrogen (secondary N) is 2. The van der Waals surface area contributed by atoms with Crippen LogP contribution in [0.15, 0.2) is 83.8 Å². The molecule has 9 nitrogen and oxygen atoms in total. The molecule has 194 valence electrons. The lowest BCUT2D eigenvalue weighted by molar-refractivity contribution is -0.419. The predicted molar refractivity (Wildman–Crippen MR) is 142 cm³/mol. The van der Waals surface area contributed by atoms with E-state index in [0.717, 1.165) is 16.9 Å². The van der Waals surface area contributed by atoms with E-state index < -0.39 is 10.3 Å². The van der Waals surface area contributed by atoms with Crippen LogP contribution < -0.4 is 15.5 Å². The number of carbonyl (C=O) groups is 3. The van der Waals surface area contributed by atoms with Crippen molar-refractivity contribution in [2.24, 2.45) is 0 Å². The largest absolute Gasteiger partial charge is 0.356 e. The van der Waals surface area contributed by atoms with Crippen molar-refractivity contribution >= 4 is 23.3 Å². The highest BCUT2D eigenvalue weighted by Crippen LogP contribution is 2.47. The van der Waals surface area contributed by atoms with Crippen molar-refractivity contribution in [3.05, 3.63) is 99.4 Å². The number of hydrogen-bond donors (Lipinski definition) is 2. The van der Waals surface area contributed by atoms with Crippen molar-refractivity contribution in [2.45, 2.75) is 39.0 Å². The molecule has 0 spiro atoms. The molecule has 0 fully saturated rings. The first-order chi connectivity index (χ1) is 17.5. The van der Waals surface area contributed by atoms with Gasteiger partial charge in [0.05, 0.1) is 4.92 Å². The van der Waals surface area contributed by atoms with Crippen LogP contribution in [0.5, 0.6) is 0 Å². The zero-order chi connectivity index (χ0) is 27.2. The van der Waals surface area contributed by atoms with Crippen LogP contribution in [0.1, 0.15) is 39.2 Å². The molecule has 1 aromatic rings. The Morgan fingerprint density at radius 2 is 1.84 bits per heavy atom. The number of carbonyl (C=O) groups excluding carboxylic acids is 3. The Bertz CT molecular complexity index is 1250. The Morgan fingerprint density at radius 1 is 1.14 bits per heavy atom. The van der Waals surface area contributed by atoms with Crippen LogP contribution >= 0.6 is 0 Å². The Labute approximate surface area is 216 Å². The van der Waals surface area contributed by atoms with Crippen molar-refractivity contribution in [1.82, 2.24) is 10.6 Å². The van der Waals surface area contributed by atoms with Crippen LogP contribution in [0.4, 0.5) is 5.69 Å². The lowest BCUT2D eigenvalue weighted by Gasteiger charge is -2.27. The van der Waals surface area contributed by atoms with E-state index in [0.29, 0.717) is 31.6 Å². The van der Waals surface area contributed by atoms with Crippen molar-refractivity contribution in [2.75, 3.05) is 24.5 Å². The second-order valence-corrected chi connectivity index (χ2v) is 9.48. The average molecular weight is 505 g/mol. The molecule has 1 aliphatic carbocycles. The van der Waals surface area contributed by atoms with E-state index in [1.165, 1.54) is 18.2 Å². The summed E-state index contributed by atoms with van der Waals surface area (Å²) in [5.41, 5.74) is 3.06. The maximum absolute atomic E-state index is 12.5. The smallest absolute Gasteiger partial charge is 0.270 e. The van der Waals surface area contributed by atoms with Gasteiger partial charge in [-0.15, -0.1) is 0 Å². The second kappa shape index (κ2) is 11.6. The van der Waals surface area contributed by atoms with E-state index in [1.54, 1.807) is 13.0 Å². The molecule has 0 aromatic heterocycles. The number of nitro groups is 1. The van der Waals surface area contributed by atoms with E-state index in [9.17, 15) is 24.5 Å². The molecule has 2 N–H and O–H groups in total. The van der Waals surface area contributed by atoms with Gasteiger partial charge in [-0.05, 0) is 43.2 Å². The van der Waals surface area contributed by atoms with Gasteiger partial charge in [0.1, 0.15) is 0 Å². The summed E-state index contributed by atoms with van der Waals surface area (Å²) in [6.45, 7) is 10.7. The number of amides is 2. The fraction of sp³-hybridized carbons (Fsp3) is 0.321. The summed E-state index contributed by atoms with van der Waals surface area (Å²) < 4.78 is 0. The Kier molecular flexibility index (Phi) is 8.60. The minimum Gasteiger partial charge on any atom is -0.356 e. The van der Waals surface area contributed by atoms with Gasteiger partial charge < -0.3 is 15.5 Å². The Hall–Kier alpha value is -4.27. The van der Waals surface area contributed by atoms with E-state index >= 15 is 0 Å². The maximum atomic E-state index is 12.5. The first-order valence-corrected chi connectivity index (χ1v) is 12.1. The summed E-state index contributed by atoms with van der Waals surface area (Å²) in [4.78, 5) is 49.1. The van der Waals surface area contributed by atoms with Gasteiger partial charge in [-0.25, -0.2) is 0 Å². The number of para-hydroxylation sites is 1. The molecule has 3 rings (SSSR count). The first-order valence-electron chi connectivity index (χ1n) is 12.1. The molecule has 0 radical (unpaired) electrons. The summed E-state index contributed by atoms with van der Waals surface area (Å²) in [6.07, 6.45) is 7.91. The molecular formula is C28H32N4O5. The third kappa shape index (κ3) is 6.49. The normalized spacial score (nSPS) is 18.0. The molecule has 2 amide bonds. The van der Waals surface area contributed by atoms with Crippen molar-refractivity contribution in [3.63, 3.8) is 0 Å². The summed E-state index contributed by atoms with van der Waals surface area (Å²) >= 11 is 0. The van der Waals surface area contributed by atoms with Crippen LogP contribution in [-0.2, 0) is 19.8 Å². The SMILES string of the molecule is C=C(C)C(=O)NCCCNC(=O)CCN1/C(=C\C=C2\C=C([N+](=O)[O-])C=CC2=O)C(C)(C)c2ccccc21. The van der Waals surface area contributed by atoms with Gasteiger partial charge in [0.15, 0.2) is 5.78 Å². The van der Waals surface area contributed by atoms with Crippen molar-refractivity contribution in [3.8, 4) is 0 Å². The number of fused-ring (bicyclic) bond motifs is 1. The van der Waals surface area contributed by atoms with Gasteiger partial charge in [0.2, 0.25) is 11.8 Å². The monoisotopic (exact) mass is 504 g/mol. The summed E-state index contributed by atoms with van der Waals surface area (Å²) in [5, 5.41) is 16.8. The quantitative estimate of drug-likeness (QED) is 0.218. The summed E-state index contributed by atoms with van der Waals surface area (Å²) in [5.74, 6) is -0.620. The zero-order valence-corrected chi connectivity index (χ0v) is 21.4. The third-order valence-electron chi connectivity index (χ3n) is 6.34. The van der Waals surface area contributed by atoms with Gasteiger partial charge in [0, 0.05) is 66.2 Å². The van der Waals surface area contributed by atoms with Gasteiger partial charge in [-0.2, -0.15) is 0 Å². The topological polar surface area (TPSA) is 122 Å². The fourth-order valence-electron chi connectivity index (χ4n) is 4.30. The van der Waals surface area contributed by atoms with Gasteiger partial charge in [-0.1, -0.05) is 38.6 Å². The molecule has 0 bridgehead atoms. The molecule has 0 saturated carbocycles. The standard InChI is InChI=1S/C28H32N4O5/c1-19(2)27(35)30-16-7-15-29-26(34)14-17-31-23-9-6-5-8-22(23)28(3,4)25(31)13-10-20-18-21(32(36)37)11-12-24(20)33/h5-6,8-13,18H,1,7,14-17H2,2-4H3,(H,29,34)(H,30,35)/b20-10-,25-13-. The van der Waals surface area contributed by atoms with Gasteiger partial charge >= 0.3 is 0 Å². The van der Waals surface area contributed by atoms with Crippen LogP contribution in [0, 0.1) is 10.1 Å². The molecule has 1 heterocycles. The number of rotatable bonds is 10. The number of nitrogens with zero attached hydrogens (tertiary/aromatic N) is 2. The highest BCUT2D eigenvalue weighted by atomic mass is 16.6. The number of allylic oxidation sites excluding steroid dienone is 7. The number of hydrogen-bond acceptors (Lipinski definition) is 6. The van der Waals surface area contributed by atoms with Crippen LogP contribution in [0.3, 0.4) is 0 Å². The average Bonchev–Trinajstić information content (AvgIpc) is 3.07. The van der Waals surface area contributed by atoms with Crippen LogP contribution in [0.25, 0.3) is 0 Å². The molecular weight excluding hydrogens is 472 g/mol. The minimum atomic E-state index is -0.529. The Balaban J connectivity index is 1.73. The molecule has 1 aromatic carbocycles. The molecule has 0 atom stereocenters. The predicted octanol–water partition coefficient (Wildman–Crippen LogP) is 3.48. The molecule has 37 heavy (non-hydrogen) atoms. The molecule has 0 unspecified atom stereocenters. The maximum Gasteiger partial charge on any atom is 0.270 e. The highest BCUT2D eigenvalue weighted by Gasteiger charge is 2.39. The second-order valence-electron chi connectivity index (χ2n) is 9.48. The lowest BCUT2D eigenvalue weighted by Crippen LogP contribution is -2.33. The Morgan fingerprint density at radius 3 is 2.54 bits per heavy atom. The van der Waals surface area contributed by atoms with Crippen LogP contribution in [-0.4, -0.2) is 42.2 Å². The van der Waals surface area contributed by atoms with Gasteiger partial charge in [0.25, 0.3) is 5.70 Å². The fourth-order valence-corrected chi connectivity index (χ4v) is 4.30. The molecule has 0 saturated heterocycles. The van der Waals surface area contributed by atoms with E-state index in [1.807, 2.05) is 30.3 Å². The summed E-state index contributed by atoms with van der Waals surface area (Å²) in [6, 6.07) is 7.92. The van der Waals surface area contributed by atoms with Gasteiger partial charge in [-0.3, -0.25) is 24.5 Å². The van der Waals surface area contributed by atoms with E-state index in [-0.39, 0.29) is 35.3 Å². The molecule has 2 aliphatic rings. The van der Waals surface area contributed by atoms with E-state index in [2.05, 4.69) is 36.0 Å². The molecule has 9 heteroatoms. The van der Waals surface area contributed by atoms with Crippen LogP contribution in [0.2, 0.25) is 0 Å². The number of ketones is 1. The van der Waals surface area contributed by atoms with E-state index in [4.69, 9.17) is 0 Å². The van der Waals surface area contributed by atoms with Crippen molar-refractivity contribution < 1.29 is 19.3 Å². The summed E-state index contributed by atoms with van der Waals surface area (Å²) in [7, 11) is 0. The van der Waals surface area contributed by atoms with Crippen molar-refractivity contribution in [1.29, 1.82) is 0 Å². The first kappa shape index (κ1) is 27.3. The third-order valence-corrected chi connectivity index (χ3v) is 6.34. The zero-order valence-electron chi connectivity index (χ0n) is 21.4. The minimum absolute atomic E-state index is 0.114. The highest BCUT2D eigenvalue weighted by molar-refractivity contribution is 6.07.